The van der Waals surface area contributed by atoms with Crippen molar-refractivity contribution in [2.24, 2.45) is 7.05 Å². The molecule has 0 aliphatic carbocycles. The van der Waals surface area contributed by atoms with Crippen LogP contribution in [0.5, 0.6) is 0 Å². The third-order valence-corrected chi connectivity index (χ3v) is 2.56. The number of hydrogen-bond acceptors (Lipinski definition) is 4. The fourth-order valence-corrected chi connectivity index (χ4v) is 1.57. The molecule has 0 saturated carbocycles. The van der Waals surface area contributed by atoms with Gasteiger partial charge in [0.15, 0.2) is 5.58 Å². The van der Waals surface area contributed by atoms with Crippen molar-refractivity contribution < 1.29 is 9.21 Å². The molecule has 84 valence electrons. The van der Waals surface area contributed by atoms with Crippen LogP contribution < -0.4 is 10.7 Å². The van der Waals surface area contributed by atoms with Crippen molar-refractivity contribution in [1.82, 2.24) is 4.57 Å². The number of carbonyl (C=O) groups excluding carboxylic acids is 1. The van der Waals surface area contributed by atoms with Gasteiger partial charge in [-0.25, -0.2) is 4.79 Å². The Hall–Kier alpha value is -2.04. The van der Waals surface area contributed by atoms with Gasteiger partial charge in [-0.2, -0.15) is 0 Å². The van der Waals surface area contributed by atoms with Gasteiger partial charge >= 0.3 is 5.76 Å². The largest absolute Gasteiger partial charge is 0.419 e. The Morgan fingerprint density at radius 2 is 2.25 bits per heavy atom. The second-order valence-electron chi connectivity index (χ2n) is 3.63. The van der Waals surface area contributed by atoms with E-state index in [0.717, 1.165) is 17.5 Å². The second kappa shape index (κ2) is 3.84. The number of benzene rings is 1. The van der Waals surface area contributed by atoms with Crippen LogP contribution in [-0.4, -0.2) is 24.4 Å². The normalized spacial score (nSPS) is 10.6. The maximum atomic E-state index is 11.3. The van der Waals surface area contributed by atoms with E-state index in [1.54, 1.807) is 18.0 Å². The molecule has 2 aromatic rings. The topological polar surface area (TPSA) is 55.5 Å². The fraction of sp³-hybridized carbons (Fsp3) is 0.273. The van der Waals surface area contributed by atoms with Crippen molar-refractivity contribution in [1.29, 1.82) is 0 Å². The van der Waals surface area contributed by atoms with E-state index in [1.807, 2.05) is 19.2 Å². The Labute approximate surface area is 91.9 Å². The van der Waals surface area contributed by atoms with E-state index >= 15 is 0 Å². The summed E-state index contributed by atoms with van der Waals surface area (Å²) in [5.74, 6) is -0.384. The molecule has 2 rings (SSSR count). The third kappa shape index (κ3) is 1.60. The van der Waals surface area contributed by atoms with Gasteiger partial charge < -0.3 is 14.1 Å². The molecule has 16 heavy (non-hydrogen) atoms. The Morgan fingerprint density at radius 3 is 2.94 bits per heavy atom. The number of anilines is 1. The van der Waals surface area contributed by atoms with E-state index in [1.165, 1.54) is 4.57 Å². The molecule has 1 heterocycles. The smallest absolute Gasteiger partial charge is 0.408 e. The highest BCUT2D eigenvalue weighted by Crippen LogP contribution is 2.19. The molecule has 5 nitrogen and oxygen atoms in total. The lowest BCUT2D eigenvalue weighted by molar-refractivity contribution is -0.106. The van der Waals surface area contributed by atoms with Crippen molar-refractivity contribution in [2.45, 2.75) is 0 Å². The van der Waals surface area contributed by atoms with E-state index in [4.69, 9.17) is 4.42 Å². The Morgan fingerprint density at radius 1 is 1.50 bits per heavy atom. The minimum absolute atomic E-state index is 0.317. The SMILES string of the molecule is CN(CC=O)c1ccc2oc(=O)n(C)c2c1. The number of fused-ring (bicyclic) bond motifs is 1. The minimum atomic E-state index is -0.384. The summed E-state index contributed by atoms with van der Waals surface area (Å²) in [5.41, 5.74) is 2.15. The molecular weight excluding hydrogens is 208 g/mol. The van der Waals surface area contributed by atoms with Crippen LogP contribution in [0.3, 0.4) is 0 Å². The first-order chi connectivity index (χ1) is 7.63. The van der Waals surface area contributed by atoms with Crippen LogP contribution in [0.2, 0.25) is 0 Å². The zero-order chi connectivity index (χ0) is 11.7. The summed E-state index contributed by atoms with van der Waals surface area (Å²) in [4.78, 5) is 23.5. The van der Waals surface area contributed by atoms with Crippen molar-refractivity contribution in [3.05, 3.63) is 28.7 Å². The molecule has 0 radical (unpaired) electrons. The van der Waals surface area contributed by atoms with Gasteiger partial charge in [0.05, 0.1) is 12.1 Å². The van der Waals surface area contributed by atoms with Gasteiger partial charge in [0.1, 0.15) is 6.29 Å². The first kappa shape index (κ1) is 10.5. The summed E-state index contributed by atoms with van der Waals surface area (Å²) in [5, 5.41) is 0. The number of hydrogen-bond donors (Lipinski definition) is 0. The average molecular weight is 220 g/mol. The quantitative estimate of drug-likeness (QED) is 0.717. The van der Waals surface area contributed by atoms with E-state index < -0.39 is 0 Å². The number of nitrogens with zero attached hydrogens (tertiary/aromatic N) is 2. The second-order valence-corrected chi connectivity index (χ2v) is 3.63. The fourth-order valence-electron chi connectivity index (χ4n) is 1.57. The molecule has 0 bridgehead atoms. The zero-order valence-corrected chi connectivity index (χ0v) is 9.14. The lowest BCUT2D eigenvalue weighted by Gasteiger charge is -2.15. The van der Waals surface area contributed by atoms with Crippen LogP contribution in [0.1, 0.15) is 0 Å². The zero-order valence-electron chi connectivity index (χ0n) is 9.14. The molecule has 0 saturated heterocycles. The van der Waals surface area contributed by atoms with Gasteiger partial charge in [-0.3, -0.25) is 4.57 Å². The van der Waals surface area contributed by atoms with E-state index in [2.05, 4.69) is 0 Å². The highest BCUT2D eigenvalue weighted by atomic mass is 16.4. The lowest BCUT2D eigenvalue weighted by atomic mass is 10.2. The predicted molar refractivity (Wildman–Crippen MR) is 60.8 cm³/mol. The summed E-state index contributed by atoms with van der Waals surface area (Å²) in [6, 6.07) is 5.37. The lowest BCUT2D eigenvalue weighted by Crippen LogP contribution is -2.19. The van der Waals surface area contributed by atoms with Crippen molar-refractivity contribution in [3.63, 3.8) is 0 Å². The van der Waals surface area contributed by atoms with Crippen LogP contribution in [-0.2, 0) is 11.8 Å². The number of likely N-dealkylation sites (N-methyl/N-ethyl adjacent to an activating group) is 1. The molecular formula is C11H12N2O3. The standard InChI is InChI=1S/C11H12N2O3/c1-12(5-6-14)8-3-4-10-9(7-8)13(2)11(15)16-10/h3-4,6-7H,5H2,1-2H3. The first-order valence-corrected chi connectivity index (χ1v) is 4.88. The van der Waals surface area contributed by atoms with Gasteiger partial charge in [0, 0.05) is 19.8 Å². The molecule has 0 unspecified atom stereocenters. The summed E-state index contributed by atoms with van der Waals surface area (Å²) >= 11 is 0. The van der Waals surface area contributed by atoms with Crippen LogP contribution >= 0.6 is 0 Å². The van der Waals surface area contributed by atoms with Crippen LogP contribution in [0.25, 0.3) is 11.1 Å². The molecule has 1 aromatic carbocycles. The summed E-state index contributed by atoms with van der Waals surface area (Å²) < 4.78 is 6.45. The Bertz CT molecular complexity index is 582. The maximum absolute atomic E-state index is 11.3. The predicted octanol–water partition coefficient (Wildman–Crippen LogP) is 0.767. The number of carbonyl (C=O) groups is 1. The van der Waals surface area contributed by atoms with Crippen molar-refractivity contribution in [3.8, 4) is 0 Å². The van der Waals surface area contributed by atoms with Crippen molar-refractivity contribution in [2.75, 3.05) is 18.5 Å². The monoisotopic (exact) mass is 220 g/mol. The molecule has 0 atom stereocenters. The number of aromatic nitrogens is 1. The molecule has 0 N–H and O–H groups in total. The molecule has 5 heteroatoms. The highest BCUT2D eigenvalue weighted by molar-refractivity contribution is 5.78. The summed E-state index contributed by atoms with van der Waals surface area (Å²) in [7, 11) is 3.46. The Kier molecular flexibility index (Phi) is 2.52. The molecule has 0 aliphatic rings. The third-order valence-electron chi connectivity index (χ3n) is 2.56. The minimum Gasteiger partial charge on any atom is -0.408 e. The highest BCUT2D eigenvalue weighted by Gasteiger charge is 2.08. The van der Waals surface area contributed by atoms with E-state index in [9.17, 15) is 9.59 Å². The molecule has 0 aliphatic heterocycles. The van der Waals surface area contributed by atoms with Gasteiger partial charge in [-0.15, -0.1) is 0 Å². The number of aryl methyl sites for hydroxylation is 1. The van der Waals surface area contributed by atoms with E-state index in [-0.39, 0.29) is 5.76 Å². The van der Waals surface area contributed by atoms with Gasteiger partial charge in [0.2, 0.25) is 0 Å². The van der Waals surface area contributed by atoms with Crippen molar-refractivity contribution >= 4 is 23.1 Å². The summed E-state index contributed by atoms with van der Waals surface area (Å²) in [6.45, 7) is 0.317. The Balaban J connectivity index is 2.54. The molecule has 0 spiro atoms. The number of oxazole rings is 1. The molecule has 0 fully saturated rings. The van der Waals surface area contributed by atoms with Gasteiger partial charge in [-0.1, -0.05) is 0 Å². The van der Waals surface area contributed by atoms with Gasteiger partial charge in [-0.05, 0) is 18.2 Å². The average Bonchev–Trinajstić information content (AvgIpc) is 2.55. The number of aldehydes is 1. The molecule has 1 aromatic heterocycles. The van der Waals surface area contributed by atoms with Crippen LogP contribution in [0, 0.1) is 0 Å². The number of rotatable bonds is 3. The van der Waals surface area contributed by atoms with Crippen LogP contribution in [0.4, 0.5) is 5.69 Å². The molecule has 0 amide bonds. The summed E-state index contributed by atoms with van der Waals surface area (Å²) in [6.07, 6.45) is 0.832. The van der Waals surface area contributed by atoms with Gasteiger partial charge in [0.25, 0.3) is 0 Å². The maximum Gasteiger partial charge on any atom is 0.419 e. The van der Waals surface area contributed by atoms with E-state index in [0.29, 0.717) is 12.1 Å². The first-order valence-electron chi connectivity index (χ1n) is 4.88. The van der Waals surface area contributed by atoms with Crippen LogP contribution in [0.15, 0.2) is 27.4 Å².